The van der Waals surface area contributed by atoms with Crippen molar-refractivity contribution in [2.24, 2.45) is 0 Å². The fourth-order valence-electron chi connectivity index (χ4n) is 3.20. The number of hydrogen-bond donors (Lipinski definition) is 0. The van der Waals surface area contributed by atoms with Gasteiger partial charge in [0.05, 0.1) is 0 Å². The van der Waals surface area contributed by atoms with Gasteiger partial charge < -0.3 is 4.74 Å². The third-order valence-corrected chi connectivity index (χ3v) is 4.38. The van der Waals surface area contributed by atoms with Gasteiger partial charge in [-0.05, 0) is 53.7 Å². The molecule has 0 heterocycles. The van der Waals surface area contributed by atoms with Gasteiger partial charge in [0.15, 0.2) is 11.6 Å². The lowest BCUT2D eigenvalue weighted by Gasteiger charge is -2.20. The molecule has 1 nitrogen and oxygen atoms in total. The zero-order valence-electron chi connectivity index (χ0n) is 14.1. The number of alkyl halides is 3. The highest BCUT2D eigenvalue weighted by atomic mass is 19.4. The van der Waals surface area contributed by atoms with E-state index in [0.29, 0.717) is 16.7 Å². The Hall–Kier alpha value is -2.37. The Bertz CT molecular complexity index is 852. The second kappa shape index (κ2) is 7.09. The van der Waals surface area contributed by atoms with E-state index in [2.05, 4.69) is 4.74 Å². The summed E-state index contributed by atoms with van der Waals surface area (Å²) in [5.74, 6) is -2.21. The van der Waals surface area contributed by atoms with Crippen LogP contribution in [0, 0.1) is 11.6 Å². The summed E-state index contributed by atoms with van der Waals surface area (Å²) in [6, 6.07) is 7.42. The fraction of sp³-hybridized carbons (Fsp3) is 0.300. The predicted molar refractivity (Wildman–Crippen MR) is 88.9 cm³/mol. The normalized spacial score (nSPS) is 14.0. The Kier molecular flexibility index (Phi) is 5.03. The number of fused-ring (bicyclic) bond motifs is 1. The zero-order chi connectivity index (χ0) is 18.9. The van der Waals surface area contributed by atoms with Crippen molar-refractivity contribution in [1.82, 2.24) is 0 Å². The second-order valence-corrected chi connectivity index (χ2v) is 6.24. The van der Waals surface area contributed by atoms with Crippen LogP contribution in [0.3, 0.4) is 0 Å². The topological polar surface area (TPSA) is 9.23 Å². The number of halogens is 5. The molecule has 1 aliphatic rings. The minimum atomic E-state index is -4.95. The van der Waals surface area contributed by atoms with E-state index in [4.69, 9.17) is 0 Å². The van der Waals surface area contributed by atoms with Crippen LogP contribution < -0.4 is 4.74 Å². The van der Waals surface area contributed by atoms with E-state index in [0.717, 1.165) is 24.5 Å². The van der Waals surface area contributed by atoms with E-state index in [9.17, 15) is 22.0 Å². The van der Waals surface area contributed by atoms with Crippen LogP contribution in [0.15, 0.2) is 36.4 Å². The molecule has 0 aromatic heterocycles. The molecular formula is C20H17F5O. The molecule has 26 heavy (non-hydrogen) atoms. The molecule has 0 saturated heterocycles. The van der Waals surface area contributed by atoms with Crippen molar-refractivity contribution >= 4 is 5.57 Å². The molecule has 0 bridgehead atoms. The number of aryl methyl sites for hydroxylation is 1. The summed E-state index contributed by atoms with van der Waals surface area (Å²) >= 11 is 0. The van der Waals surface area contributed by atoms with E-state index in [1.54, 1.807) is 12.1 Å². The van der Waals surface area contributed by atoms with Crippen molar-refractivity contribution in [1.29, 1.82) is 0 Å². The first-order valence-electron chi connectivity index (χ1n) is 8.32. The van der Waals surface area contributed by atoms with Gasteiger partial charge >= 0.3 is 6.36 Å². The van der Waals surface area contributed by atoms with Gasteiger partial charge in [0, 0.05) is 5.56 Å². The quantitative estimate of drug-likeness (QED) is 0.602. The van der Waals surface area contributed by atoms with Crippen LogP contribution in [0.4, 0.5) is 22.0 Å². The smallest absolute Gasteiger partial charge is 0.403 e. The first-order chi connectivity index (χ1) is 12.3. The Morgan fingerprint density at radius 1 is 1.08 bits per heavy atom. The molecule has 138 valence electrons. The third kappa shape index (κ3) is 3.89. The van der Waals surface area contributed by atoms with E-state index in [-0.39, 0.29) is 24.2 Å². The maximum Gasteiger partial charge on any atom is 0.573 e. The van der Waals surface area contributed by atoms with E-state index < -0.39 is 17.9 Å². The number of allylic oxidation sites excluding steroid dienone is 2. The Labute approximate surface area is 148 Å². The van der Waals surface area contributed by atoms with Crippen LogP contribution >= 0.6 is 0 Å². The molecule has 0 radical (unpaired) electrons. The lowest BCUT2D eigenvalue weighted by molar-refractivity contribution is -0.275. The van der Waals surface area contributed by atoms with Crippen LogP contribution in [-0.2, 0) is 19.3 Å². The van der Waals surface area contributed by atoms with Crippen molar-refractivity contribution in [3.05, 3.63) is 70.3 Å². The maximum absolute atomic E-state index is 14.4. The average Bonchev–Trinajstić information content (AvgIpc) is 2.57. The molecule has 3 rings (SSSR count). The van der Waals surface area contributed by atoms with Crippen LogP contribution in [0.1, 0.15) is 35.6 Å². The van der Waals surface area contributed by atoms with E-state index in [1.807, 2.05) is 13.0 Å². The van der Waals surface area contributed by atoms with Gasteiger partial charge in [-0.1, -0.05) is 37.6 Å². The average molecular weight is 368 g/mol. The van der Waals surface area contributed by atoms with Crippen molar-refractivity contribution in [2.45, 2.75) is 39.0 Å². The Morgan fingerprint density at radius 2 is 1.85 bits per heavy atom. The van der Waals surface area contributed by atoms with Gasteiger partial charge in [0.2, 0.25) is 0 Å². The van der Waals surface area contributed by atoms with Crippen molar-refractivity contribution in [3.8, 4) is 5.75 Å². The van der Waals surface area contributed by atoms with E-state index in [1.165, 1.54) is 12.1 Å². The van der Waals surface area contributed by atoms with Gasteiger partial charge in [-0.25, -0.2) is 8.78 Å². The molecule has 0 amide bonds. The highest BCUT2D eigenvalue weighted by molar-refractivity contribution is 5.71. The maximum atomic E-state index is 14.4. The number of rotatable bonds is 4. The molecule has 0 spiro atoms. The SMILES string of the molecule is CCCc1ccc(C2=CCc3c(ccc(OC(F)(F)F)c3F)C2)c(F)c1. The third-order valence-electron chi connectivity index (χ3n) is 4.38. The molecule has 6 heteroatoms. The summed E-state index contributed by atoms with van der Waals surface area (Å²) in [5.41, 5.74) is 2.73. The van der Waals surface area contributed by atoms with Crippen LogP contribution in [0.5, 0.6) is 5.75 Å². The fourth-order valence-corrected chi connectivity index (χ4v) is 3.20. The molecule has 0 atom stereocenters. The van der Waals surface area contributed by atoms with Crippen molar-refractivity contribution < 1.29 is 26.7 Å². The monoisotopic (exact) mass is 368 g/mol. The largest absolute Gasteiger partial charge is 0.573 e. The molecule has 2 aromatic carbocycles. The lowest BCUT2D eigenvalue weighted by atomic mass is 9.87. The second-order valence-electron chi connectivity index (χ2n) is 6.24. The van der Waals surface area contributed by atoms with Gasteiger partial charge in [-0.15, -0.1) is 13.2 Å². The van der Waals surface area contributed by atoms with Crippen LogP contribution in [-0.4, -0.2) is 6.36 Å². The number of benzene rings is 2. The minimum Gasteiger partial charge on any atom is -0.403 e. The molecule has 0 fully saturated rings. The number of ether oxygens (including phenoxy) is 1. The summed E-state index contributed by atoms with van der Waals surface area (Å²) < 4.78 is 69.4. The first-order valence-corrected chi connectivity index (χ1v) is 8.32. The highest BCUT2D eigenvalue weighted by Crippen LogP contribution is 2.35. The van der Waals surface area contributed by atoms with E-state index >= 15 is 0 Å². The first kappa shape index (κ1) is 18.4. The Balaban J connectivity index is 1.87. The molecule has 0 N–H and O–H groups in total. The predicted octanol–water partition coefficient (Wildman–Crippen LogP) is 6.00. The van der Waals surface area contributed by atoms with Gasteiger partial charge in [-0.3, -0.25) is 0 Å². The summed E-state index contributed by atoms with van der Waals surface area (Å²) in [4.78, 5) is 0. The van der Waals surface area contributed by atoms with Crippen molar-refractivity contribution in [2.75, 3.05) is 0 Å². The molecule has 0 aliphatic heterocycles. The molecule has 1 aliphatic carbocycles. The standard InChI is InChI=1S/C20H17F5O/c1-2-3-12-4-7-15(17(21)10-12)13-5-8-16-14(11-13)6-9-18(19(16)22)26-20(23,24)25/h4-7,9-10H,2-3,8,11H2,1H3. The lowest BCUT2D eigenvalue weighted by Crippen LogP contribution is -2.19. The molecular weight excluding hydrogens is 351 g/mol. The number of hydrogen-bond acceptors (Lipinski definition) is 1. The summed E-state index contributed by atoms with van der Waals surface area (Å²) in [6.45, 7) is 2.01. The van der Waals surface area contributed by atoms with Crippen LogP contribution in [0.25, 0.3) is 5.57 Å². The summed E-state index contributed by atoms with van der Waals surface area (Å²) in [5, 5.41) is 0. The van der Waals surface area contributed by atoms with Crippen molar-refractivity contribution in [3.63, 3.8) is 0 Å². The van der Waals surface area contributed by atoms with Gasteiger partial charge in [0.1, 0.15) is 5.82 Å². The molecule has 0 unspecified atom stereocenters. The van der Waals surface area contributed by atoms with Gasteiger partial charge in [0.25, 0.3) is 0 Å². The molecule has 0 saturated carbocycles. The summed E-state index contributed by atoms with van der Waals surface area (Å²) in [7, 11) is 0. The minimum absolute atomic E-state index is 0.0850. The van der Waals surface area contributed by atoms with Gasteiger partial charge in [-0.2, -0.15) is 0 Å². The van der Waals surface area contributed by atoms with Crippen LogP contribution in [0.2, 0.25) is 0 Å². The highest BCUT2D eigenvalue weighted by Gasteiger charge is 2.33. The zero-order valence-corrected chi connectivity index (χ0v) is 14.1. The molecule has 2 aromatic rings. The Morgan fingerprint density at radius 3 is 2.50 bits per heavy atom. The summed E-state index contributed by atoms with van der Waals surface area (Å²) in [6.07, 6.45) is -1.26.